The molecule has 6 heteroatoms. The van der Waals surface area contributed by atoms with E-state index in [1.54, 1.807) is 36.4 Å². The second kappa shape index (κ2) is 9.17. The van der Waals surface area contributed by atoms with Crippen molar-refractivity contribution in [2.45, 2.75) is 44.0 Å². The van der Waals surface area contributed by atoms with Gasteiger partial charge in [-0.2, -0.15) is 0 Å². The van der Waals surface area contributed by atoms with E-state index in [9.17, 15) is 13.2 Å². The van der Waals surface area contributed by atoms with Gasteiger partial charge in [0.2, 0.25) is 5.91 Å². The van der Waals surface area contributed by atoms with E-state index in [0.717, 1.165) is 36.0 Å². The third-order valence-corrected chi connectivity index (χ3v) is 7.71. The minimum atomic E-state index is -3.91. The second-order valence-electron chi connectivity index (χ2n) is 8.37. The number of aryl methyl sites for hydroxylation is 3. The third-order valence-electron chi connectivity index (χ3n) is 5.92. The predicted molar refractivity (Wildman–Crippen MR) is 127 cm³/mol. The molecule has 4 rings (SSSR count). The van der Waals surface area contributed by atoms with Crippen LogP contribution in [0.5, 0.6) is 0 Å². The molecule has 5 nitrogen and oxygen atoms in total. The van der Waals surface area contributed by atoms with Gasteiger partial charge in [-0.1, -0.05) is 59.7 Å². The molecule has 1 aliphatic rings. The summed E-state index contributed by atoms with van der Waals surface area (Å²) in [5, 5.41) is 3.07. The minimum absolute atomic E-state index is 0.102. The summed E-state index contributed by atoms with van der Waals surface area (Å²) in [6, 6.07) is 21.9. The van der Waals surface area contributed by atoms with Crippen LogP contribution >= 0.6 is 0 Å². The molecule has 1 amide bonds. The standard InChI is InChI=1S/C26H28N2O3S/c1-19-10-14-22(15-11-19)28(32(30,31)23-16-12-20(2)13-17-23)18-26(29)27-25-9-5-7-21-6-3-4-8-24(21)25/h3-4,6,8,10-17,25H,5,7,9,18H2,1-2H3,(H,27,29)/t25-/m0/s1. The van der Waals surface area contributed by atoms with Crippen LogP contribution in [-0.2, 0) is 21.2 Å². The number of hydrogen-bond acceptors (Lipinski definition) is 3. The first-order chi connectivity index (χ1) is 15.3. The van der Waals surface area contributed by atoms with Crippen LogP contribution in [0.25, 0.3) is 0 Å². The molecule has 0 heterocycles. The van der Waals surface area contributed by atoms with E-state index >= 15 is 0 Å². The number of fused-ring (bicyclic) bond motifs is 1. The lowest BCUT2D eigenvalue weighted by Crippen LogP contribution is -2.42. The summed E-state index contributed by atoms with van der Waals surface area (Å²) in [6.45, 7) is 3.57. The Morgan fingerprint density at radius 2 is 1.56 bits per heavy atom. The van der Waals surface area contributed by atoms with Crippen molar-refractivity contribution in [3.63, 3.8) is 0 Å². The summed E-state index contributed by atoms with van der Waals surface area (Å²) >= 11 is 0. The maximum absolute atomic E-state index is 13.5. The van der Waals surface area contributed by atoms with Crippen LogP contribution in [0.4, 0.5) is 5.69 Å². The Hall–Kier alpha value is -3.12. The Morgan fingerprint density at radius 3 is 2.25 bits per heavy atom. The molecular formula is C26H28N2O3S. The molecule has 3 aromatic rings. The van der Waals surface area contributed by atoms with Crippen LogP contribution in [0, 0.1) is 13.8 Å². The van der Waals surface area contributed by atoms with Crippen LogP contribution in [0.1, 0.15) is 41.1 Å². The van der Waals surface area contributed by atoms with Gasteiger partial charge in [-0.3, -0.25) is 9.10 Å². The summed E-state index contributed by atoms with van der Waals surface area (Å²) in [4.78, 5) is 13.3. The van der Waals surface area contributed by atoms with Gasteiger partial charge in [0.25, 0.3) is 10.0 Å². The van der Waals surface area contributed by atoms with Gasteiger partial charge >= 0.3 is 0 Å². The third kappa shape index (κ3) is 4.70. The second-order valence-corrected chi connectivity index (χ2v) is 10.2. The lowest BCUT2D eigenvalue weighted by Gasteiger charge is -2.29. The molecule has 1 aliphatic carbocycles. The van der Waals surface area contributed by atoms with E-state index in [2.05, 4.69) is 11.4 Å². The predicted octanol–water partition coefficient (Wildman–Crippen LogP) is 4.69. The van der Waals surface area contributed by atoms with Gasteiger partial charge in [0.1, 0.15) is 6.54 Å². The van der Waals surface area contributed by atoms with Gasteiger partial charge in [-0.25, -0.2) is 8.42 Å². The molecule has 32 heavy (non-hydrogen) atoms. The van der Waals surface area contributed by atoms with E-state index in [1.807, 2.05) is 44.2 Å². The number of hydrogen-bond donors (Lipinski definition) is 1. The van der Waals surface area contributed by atoms with Crippen LogP contribution in [0.15, 0.2) is 77.7 Å². The summed E-state index contributed by atoms with van der Waals surface area (Å²) in [5.74, 6) is -0.317. The maximum Gasteiger partial charge on any atom is 0.264 e. The van der Waals surface area contributed by atoms with Crippen molar-refractivity contribution in [1.29, 1.82) is 0 Å². The molecule has 1 N–H and O–H groups in total. The minimum Gasteiger partial charge on any atom is -0.348 e. The van der Waals surface area contributed by atoms with Crippen LogP contribution in [-0.4, -0.2) is 20.9 Å². The quantitative estimate of drug-likeness (QED) is 0.595. The van der Waals surface area contributed by atoms with E-state index in [0.29, 0.717) is 5.69 Å². The molecule has 0 radical (unpaired) electrons. The number of benzene rings is 3. The van der Waals surface area contributed by atoms with Crippen molar-refractivity contribution < 1.29 is 13.2 Å². The summed E-state index contributed by atoms with van der Waals surface area (Å²) < 4.78 is 28.2. The topological polar surface area (TPSA) is 66.5 Å². The zero-order valence-corrected chi connectivity index (χ0v) is 19.2. The smallest absolute Gasteiger partial charge is 0.264 e. The van der Waals surface area contributed by atoms with Gasteiger partial charge in [-0.05, 0) is 68.5 Å². The fourth-order valence-electron chi connectivity index (χ4n) is 4.14. The van der Waals surface area contributed by atoms with Crippen LogP contribution < -0.4 is 9.62 Å². The highest BCUT2D eigenvalue weighted by atomic mass is 32.2. The van der Waals surface area contributed by atoms with Crippen molar-refractivity contribution >= 4 is 21.6 Å². The van der Waals surface area contributed by atoms with Gasteiger partial charge in [0, 0.05) is 0 Å². The number of carbonyl (C=O) groups is 1. The highest BCUT2D eigenvalue weighted by Crippen LogP contribution is 2.30. The molecule has 0 unspecified atom stereocenters. The molecule has 0 aromatic heterocycles. The Morgan fingerprint density at radius 1 is 0.938 bits per heavy atom. The number of rotatable bonds is 6. The van der Waals surface area contributed by atoms with Crippen molar-refractivity contribution in [2.75, 3.05) is 10.8 Å². The monoisotopic (exact) mass is 448 g/mol. The lowest BCUT2D eigenvalue weighted by molar-refractivity contribution is -0.120. The van der Waals surface area contributed by atoms with E-state index in [1.165, 1.54) is 9.87 Å². The van der Waals surface area contributed by atoms with Gasteiger partial charge in [0.05, 0.1) is 16.6 Å². The molecule has 0 aliphatic heterocycles. The van der Waals surface area contributed by atoms with E-state index in [4.69, 9.17) is 0 Å². The van der Waals surface area contributed by atoms with Crippen molar-refractivity contribution in [3.05, 3.63) is 95.1 Å². The normalized spacial score (nSPS) is 15.6. The summed E-state index contributed by atoms with van der Waals surface area (Å²) in [7, 11) is -3.91. The highest BCUT2D eigenvalue weighted by Gasteiger charge is 2.29. The number of sulfonamides is 1. The number of carbonyl (C=O) groups excluding carboxylic acids is 1. The fraction of sp³-hybridized carbons (Fsp3) is 0.269. The molecule has 0 saturated heterocycles. The number of anilines is 1. The van der Waals surface area contributed by atoms with Crippen molar-refractivity contribution in [1.82, 2.24) is 5.32 Å². The average molecular weight is 449 g/mol. The van der Waals surface area contributed by atoms with Crippen LogP contribution in [0.2, 0.25) is 0 Å². The Balaban J connectivity index is 1.62. The molecule has 0 spiro atoms. The first kappa shape index (κ1) is 22.1. The average Bonchev–Trinajstić information content (AvgIpc) is 2.79. The van der Waals surface area contributed by atoms with E-state index in [-0.39, 0.29) is 23.4 Å². The largest absolute Gasteiger partial charge is 0.348 e. The molecule has 0 fully saturated rings. The van der Waals surface area contributed by atoms with Gasteiger partial charge < -0.3 is 5.32 Å². The molecule has 0 saturated carbocycles. The number of amides is 1. The van der Waals surface area contributed by atoms with Crippen molar-refractivity contribution in [2.24, 2.45) is 0 Å². The Bertz CT molecular complexity index is 1200. The molecule has 0 bridgehead atoms. The molecule has 3 aromatic carbocycles. The number of nitrogens with zero attached hydrogens (tertiary/aromatic N) is 1. The fourth-order valence-corrected chi connectivity index (χ4v) is 5.56. The molecular weight excluding hydrogens is 420 g/mol. The van der Waals surface area contributed by atoms with Gasteiger partial charge in [-0.15, -0.1) is 0 Å². The lowest BCUT2D eigenvalue weighted by atomic mass is 9.88. The Kier molecular flexibility index (Phi) is 6.33. The van der Waals surface area contributed by atoms with Crippen LogP contribution in [0.3, 0.4) is 0 Å². The molecule has 1 atom stereocenters. The maximum atomic E-state index is 13.5. The summed E-state index contributed by atoms with van der Waals surface area (Å²) in [5.41, 5.74) is 4.82. The van der Waals surface area contributed by atoms with E-state index < -0.39 is 10.0 Å². The Labute approximate surface area is 190 Å². The molecule has 166 valence electrons. The first-order valence-electron chi connectivity index (χ1n) is 10.9. The first-order valence-corrected chi connectivity index (χ1v) is 12.3. The zero-order valence-electron chi connectivity index (χ0n) is 18.4. The zero-order chi connectivity index (χ0) is 22.7. The highest BCUT2D eigenvalue weighted by molar-refractivity contribution is 7.92. The van der Waals surface area contributed by atoms with Crippen molar-refractivity contribution in [3.8, 4) is 0 Å². The SMILES string of the molecule is Cc1ccc(N(CC(=O)N[C@H]2CCCc3ccccc32)S(=O)(=O)c2ccc(C)cc2)cc1. The summed E-state index contributed by atoms with van der Waals surface area (Å²) in [6.07, 6.45) is 2.84. The number of nitrogens with one attached hydrogen (secondary N) is 1. The van der Waals surface area contributed by atoms with Gasteiger partial charge in [0.15, 0.2) is 0 Å².